The van der Waals surface area contributed by atoms with Crippen LogP contribution in [0.5, 0.6) is 0 Å². The smallest absolute Gasteiger partial charge is 0.225 e. The number of nitrogens with one attached hydrogen (secondary N) is 2. The van der Waals surface area contributed by atoms with E-state index in [1.54, 1.807) is 4.68 Å². The van der Waals surface area contributed by atoms with E-state index in [4.69, 9.17) is 0 Å². The largest absolute Gasteiger partial charge is 0.349 e. The summed E-state index contributed by atoms with van der Waals surface area (Å²) in [4.78, 5) is 12.8. The Morgan fingerprint density at radius 2 is 2.17 bits per heavy atom. The molecule has 0 spiro atoms. The molecule has 0 saturated carbocycles. The summed E-state index contributed by atoms with van der Waals surface area (Å²) in [6, 6.07) is 6.38. The quantitative estimate of drug-likeness (QED) is 0.906. The van der Waals surface area contributed by atoms with E-state index in [0.717, 1.165) is 12.1 Å². The lowest BCUT2D eigenvalue weighted by molar-refractivity contribution is -0.125. The highest BCUT2D eigenvalue weighted by Crippen LogP contribution is 2.29. The van der Waals surface area contributed by atoms with E-state index in [2.05, 4.69) is 54.7 Å². The standard InChI is InChI=1S/C19H26N4O/c1-12-5-6-16(13(2)7-12)14(3)22-19(24)18-10-20-9-17(18)15-8-21-23(4)11-15/h5-8,11,14,17-18,20H,9-10H2,1-4H3,(H,22,24)/t14?,17-,18+/m1/s1. The number of aromatic nitrogens is 2. The van der Waals surface area contributed by atoms with Crippen LogP contribution in [0.3, 0.4) is 0 Å². The average Bonchev–Trinajstić information content (AvgIpc) is 3.15. The molecule has 1 aliphatic heterocycles. The van der Waals surface area contributed by atoms with Crippen molar-refractivity contribution in [3.05, 3.63) is 52.8 Å². The van der Waals surface area contributed by atoms with Crippen LogP contribution in [-0.4, -0.2) is 28.8 Å². The summed E-state index contributed by atoms with van der Waals surface area (Å²) in [5.41, 5.74) is 4.77. The number of carbonyl (C=O) groups excluding carboxylic acids is 1. The van der Waals surface area contributed by atoms with Crippen LogP contribution in [0.2, 0.25) is 0 Å². The van der Waals surface area contributed by atoms with Crippen molar-refractivity contribution in [3.63, 3.8) is 0 Å². The number of carbonyl (C=O) groups is 1. The third-order valence-electron chi connectivity index (χ3n) is 4.95. The maximum atomic E-state index is 12.8. The molecular weight excluding hydrogens is 300 g/mol. The topological polar surface area (TPSA) is 59.0 Å². The molecule has 0 aliphatic carbocycles. The Morgan fingerprint density at radius 1 is 1.38 bits per heavy atom. The summed E-state index contributed by atoms with van der Waals surface area (Å²) in [6.07, 6.45) is 3.87. The molecule has 24 heavy (non-hydrogen) atoms. The molecule has 1 saturated heterocycles. The first-order valence-electron chi connectivity index (χ1n) is 8.52. The Morgan fingerprint density at radius 3 is 2.83 bits per heavy atom. The van der Waals surface area contributed by atoms with Crippen LogP contribution >= 0.6 is 0 Å². The summed E-state index contributed by atoms with van der Waals surface area (Å²) in [7, 11) is 1.91. The van der Waals surface area contributed by atoms with Crippen LogP contribution in [0.4, 0.5) is 0 Å². The molecule has 128 valence electrons. The molecule has 1 aliphatic rings. The van der Waals surface area contributed by atoms with Crippen LogP contribution < -0.4 is 10.6 Å². The Bertz CT molecular complexity index is 737. The van der Waals surface area contributed by atoms with Crippen LogP contribution in [0.25, 0.3) is 0 Å². The lowest BCUT2D eigenvalue weighted by Crippen LogP contribution is -2.36. The van der Waals surface area contributed by atoms with Crippen molar-refractivity contribution in [3.8, 4) is 0 Å². The maximum absolute atomic E-state index is 12.8. The van der Waals surface area contributed by atoms with Gasteiger partial charge in [0.25, 0.3) is 0 Å². The molecule has 0 bridgehead atoms. The van der Waals surface area contributed by atoms with Gasteiger partial charge in [-0.15, -0.1) is 0 Å². The van der Waals surface area contributed by atoms with Crippen LogP contribution in [-0.2, 0) is 11.8 Å². The second-order valence-corrected chi connectivity index (χ2v) is 6.91. The summed E-state index contributed by atoms with van der Waals surface area (Å²) in [6.45, 7) is 7.77. The van der Waals surface area contributed by atoms with Gasteiger partial charge in [-0.25, -0.2) is 0 Å². The highest BCUT2D eigenvalue weighted by molar-refractivity contribution is 5.81. The van der Waals surface area contributed by atoms with Crippen molar-refractivity contribution in [1.82, 2.24) is 20.4 Å². The fraction of sp³-hybridized carbons (Fsp3) is 0.474. The number of hydrogen-bond donors (Lipinski definition) is 2. The number of hydrogen-bond acceptors (Lipinski definition) is 3. The predicted octanol–water partition coefficient (Wildman–Crippen LogP) is 2.22. The van der Waals surface area contributed by atoms with Crippen molar-refractivity contribution in [1.29, 1.82) is 0 Å². The van der Waals surface area contributed by atoms with E-state index in [-0.39, 0.29) is 23.8 Å². The lowest BCUT2D eigenvalue weighted by atomic mass is 9.89. The second-order valence-electron chi connectivity index (χ2n) is 6.91. The van der Waals surface area contributed by atoms with E-state index in [9.17, 15) is 4.79 Å². The number of amides is 1. The number of nitrogens with zero attached hydrogens (tertiary/aromatic N) is 2. The van der Waals surface area contributed by atoms with Gasteiger partial charge in [0.2, 0.25) is 5.91 Å². The molecule has 1 amide bonds. The molecular formula is C19H26N4O. The number of benzene rings is 1. The van der Waals surface area contributed by atoms with E-state index < -0.39 is 0 Å². The average molecular weight is 326 g/mol. The molecule has 3 rings (SSSR count). The first-order valence-corrected chi connectivity index (χ1v) is 8.52. The number of aryl methyl sites for hydroxylation is 3. The summed E-state index contributed by atoms with van der Waals surface area (Å²) >= 11 is 0. The van der Waals surface area contributed by atoms with Gasteiger partial charge in [-0.2, -0.15) is 5.10 Å². The van der Waals surface area contributed by atoms with Gasteiger partial charge in [0.05, 0.1) is 18.2 Å². The molecule has 3 atom stereocenters. The molecule has 1 unspecified atom stereocenters. The normalized spacial score (nSPS) is 21.7. The fourth-order valence-corrected chi connectivity index (χ4v) is 3.65. The number of rotatable bonds is 4. The van der Waals surface area contributed by atoms with Gasteiger partial charge in [0, 0.05) is 32.3 Å². The van der Waals surface area contributed by atoms with Crippen molar-refractivity contribution < 1.29 is 4.79 Å². The van der Waals surface area contributed by atoms with E-state index >= 15 is 0 Å². The van der Waals surface area contributed by atoms with Gasteiger partial charge in [-0.3, -0.25) is 9.48 Å². The van der Waals surface area contributed by atoms with Crippen LogP contribution in [0.1, 0.15) is 41.1 Å². The Hall–Kier alpha value is -2.14. The Kier molecular flexibility index (Phi) is 4.71. The molecule has 5 nitrogen and oxygen atoms in total. The zero-order chi connectivity index (χ0) is 17.3. The van der Waals surface area contributed by atoms with Crippen LogP contribution in [0.15, 0.2) is 30.6 Å². The highest BCUT2D eigenvalue weighted by atomic mass is 16.2. The molecule has 1 fully saturated rings. The minimum absolute atomic E-state index is 0.00764. The van der Waals surface area contributed by atoms with Gasteiger partial charge < -0.3 is 10.6 Å². The van der Waals surface area contributed by atoms with Gasteiger partial charge in [-0.1, -0.05) is 23.8 Å². The van der Waals surface area contributed by atoms with Gasteiger partial charge in [0.15, 0.2) is 0 Å². The monoisotopic (exact) mass is 326 g/mol. The molecule has 2 aromatic rings. The van der Waals surface area contributed by atoms with Gasteiger partial charge in [-0.05, 0) is 37.5 Å². The molecule has 0 radical (unpaired) electrons. The molecule has 1 aromatic heterocycles. The molecule has 2 N–H and O–H groups in total. The Labute approximate surface area is 143 Å². The summed E-state index contributed by atoms with van der Waals surface area (Å²) in [5.74, 6) is 0.244. The fourth-order valence-electron chi connectivity index (χ4n) is 3.65. The van der Waals surface area contributed by atoms with Crippen molar-refractivity contribution >= 4 is 5.91 Å². The van der Waals surface area contributed by atoms with E-state index in [1.807, 2.05) is 19.4 Å². The SMILES string of the molecule is Cc1ccc(C(C)NC(=O)[C@H]2CNC[C@@H]2c2cnn(C)c2)c(C)c1. The minimum Gasteiger partial charge on any atom is -0.349 e. The Balaban J connectivity index is 1.71. The zero-order valence-electron chi connectivity index (χ0n) is 14.8. The van der Waals surface area contributed by atoms with Gasteiger partial charge in [0.1, 0.15) is 0 Å². The molecule has 1 aromatic carbocycles. The first-order chi connectivity index (χ1) is 11.5. The predicted molar refractivity (Wildman–Crippen MR) is 94.8 cm³/mol. The van der Waals surface area contributed by atoms with Crippen molar-refractivity contribution in [2.45, 2.75) is 32.7 Å². The molecule has 5 heteroatoms. The maximum Gasteiger partial charge on any atom is 0.225 e. The van der Waals surface area contributed by atoms with E-state index in [0.29, 0.717) is 6.54 Å². The van der Waals surface area contributed by atoms with Crippen molar-refractivity contribution in [2.75, 3.05) is 13.1 Å². The lowest BCUT2D eigenvalue weighted by Gasteiger charge is -2.22. The van der Waals surface area contributed by atoms with Crippen LogP contribution in [0, 0.1) is 19.8 Å². The zero-order valence-corrected chi connectivity index (χ0v) is 14.8. The summed E-state index contributed by atoms with van der Waals surface area (Å²) in [5, 5.41) is 10.8. The first kappa shape index (κ1) is 16.7. The minimum atomic E-state index is -0.0533. The summed E-state index contributed by atoms with van der Waals surface area (Å²) < 4.78 is 1.79. The van der Waals surface area contributed by atoms with Crippen molar-refractivity contribution in [2.24, 2.45) is 13.0 Å². The molecule has 2 heterocycles. The second kappa shape index (κ2) is 6.77. The third-order valence-corrected chi connectivity index (χ3v) is 4.95. The highest BCUT2D eigenvalue weighted by Gasteiger charge is 2.35. The third kappa shape index (κ3) is 3.36. The van der Waals surface area contributed by atoms with E-state index in [1.165, 1.54) is 16.7 Å². The van der Waals surface area contributed by atoms with Gasteiger partial charge >= 0.3 is 0 Å².